The predicted octanol–water partition coefficient (Wildman–Crippen LogP) is 5.66. The standard InChI is InChI=1S/C25H29Cl2N5O/c1-3-14-33-24-16-18(4-9-21(24)26)15-23-22(27)17-28-25(30-23)29-19-5-7-20(8-6-19)32-12-10-31(2)11-13-32/h4-9,16-17H,3,10-15H2,1-2H3,(H,28,29,30). The van der Waals surface area contributed by atoms with Gasteiger partial charge in [0.05, 0.1) is 28.5 Å². The number of nitrogens with zero attached hydrogens (tertiary/aromatic N) is 4. The number of nitrogens with one attached hydrogen (secondary N) is 1. The molecule has 1 aliphatic rings. The van der Waals surface area contributed by atoms with Crippen LogP contribution < -0.4 is 15.0 Å². The first kappa shape index (κ1) is 23.6. The summed E-state index contributed by atoms with van der Waals surface area (Å²) in [4.78, 5) is 13.8. The molecule has 6 nitrogen and oxygen atoms in total. The Bertz CT molecular complexity index is 1070. The summed E-state index contributed by atoms with van der Waals surface area (Å²) in [6.45, 7) is 6.94. The topological polar surface area (TPSA) is 53.5 Å². The molecule has 1 fully saturated rings. The van der Waals surface area contributed by atoms with Gasteiger partial charge < -0.3 is 19.9 Å². The van der Waals surface area contributed by atoms with Gasteiger partial charge in [-0.05, 0) is 55.4 Å². The second-order valence-electron chi connectivity index (χ2n) is 8.24. The van der Waals surface area contributed by atoms with Crippen LogP contribution in [0.2, 0.25) is 10.0 Å². The van der Waals surface area contributed by atoms with Gasteiger partial charge in [-0.15, -0.1) is 0 Å². The summed E-state index contributed by atoms with van der Waals surface area (Å²) >= 11 is 12.7. The monoisotopic (exact) mass is 485 g/mol. The van der Waals surface area contributed by atoms with Gasteiger partial charge in [-0.1, -0.05) is 36.2 Å². The molecule has 4 rings (SSSR count). The lowest BCUT2D eigenvalue weighted by Gasteiger charge is -2.34. The molecule has 0 amide bonds. The van der Waals surface area contributed by atoms with Crippen molar-refractivity contribution in [3.05, 3.63) is 70.0 Å². The van der Waals surface area contributed by atoms with E-state index in [0.29, 0.717) is 34.8 Å². The van der Waals surface area contributed by atoms with E-state index in [1.54, 1.807) is 6.20 Å². The van der Waals surface area contributed by atoms with Crippen molar-refractivity contribution in [3.63, 3.8) is 0 Å². The van der Waals surface area contributed by atoms with Gasteiger partial charge in [-0.2, -0.15) is 0 Å². The molecule has 1 aromatic heterocycles. The zero-order valence-electron chi connectivity index (χ0n) is 19.0. The van der Waals surface area contributed by atoms with E-state index in [1.165, 1.54) is 5.69 Å². The van der Waals surface area contributed by atoms with E-state index in [2.05, 4.69) is 63.3 Å². The molecular weight excluding hydrogens is 457 g/mol. The van der Waals surface area contributed by atoms with Crippen LogP contribution >= 0.6 is 23.2 Å². The van der Waals surface area contributed by atoms with Gasteiger partial charge in [0.25, 0.3) is 0 Å². The zero-order valence-corrected chi connectivity index (χ0v) is 20.5. The second kappa shape index (κ2) is 11.1. The summed E-state index contributed by atoms with van der Waals surface area (Å²) in [6.07, 6.45) is 3.11. The Morgan fingerprint density at radius 3 is 2.48 bits per heavy atom. The van der Waals surface area contributed by atoms with Crippen LogP contribution in [-0.4, -0.2) is 54.7 Å². The van der Waals surface area contributed by atoms with Crippen molar-refractivity contribution in [2.75, 3.05) is 50.1 Å². The van der Waals surface area contributed by atoms with Gasteiger partial charge >= 0.3 is 0 Å². The van der Waals surface area contributed by atoms with Gasteiger partial charge in [0.15, 0.2) is 0 Å². The predicted molar refractivity (Wildman–Crippen MR) is 137 cm³/mol. The Kier molecular flexibility index (Phi) is 7.91. The van der Waals surface area contributed by atoms with Gasteiger partial charge in [-0.3, -0.25) is 0 Å². The molecule has 0 unspecified atom stereocenters. The van der Waals surface area contributed by atoms with Crippen LogP contribution in [0.25, 0.3) is 0 Å². The fourth-order valence-corrected chi connectivity index (χ4v) is 4.04. The molecule has 1 aliphatic heterocycles. The summed E-state index contributed by atoms with van der Waals surface area (Å²) in [5.74, 6) is 1.19. The van der Waals surface area contributed by atoms with E-state index < -0.39 is 0 Å². The van der Waals surface area contributed by atoms with Crippen LogP contribution in [0.15, 0.2) is 48.7 Å². The van der Waals surface area contributed by atoms with Crippen LogP contribution in [0.3, 0.4) is 0 Å². The van der Waals surface area contributed by atoms with Crippen LogP contribution in [0.5, 0.6) is 5.75 Å². The number of hydrogen-bond acceptors (Lipinski definition) is 6. The minimum atomic E-state index is 0.512. The molecule has 2 aromatic carbocycles. The molecule has 0 bridgehead atoms. The Hall–Kier alpha value is -2.54. The molecule has 0 aliphatic carbocycles. The number of hydrogen-bond donors (Lipinski definition) is 1. The van der Waals surface area contributed by atoms with E-state index in [1.807, 2.05) is 18.2 Å². The molecule has 0 saturated carbocycles. The SMILES string of the molecule is CCCOc1cc(Cc2nc(Nc3ccc(N4CCN(C)CC4)cc3)ncc2Cl)ccc1Cl. The summed E-state index contributed by atoms with van der Waals surface area (Å²) < 4.78 is 5.74. The summed E-state index contributed by atoms with van der Waals surface area (Å²) in [7, 11) is 2.16. The van der Waals surface area contributed by atoms with Crippen molar-refractivity contribution in [1.82, 2.24) is 14.9 Å². The molecule has 3 aromatic rings. The molecule has 174 valence electrons. The minimum Gasteiger partial charge on any atom is -0.492 e. The highest BCUT2D eigenvalue weighted by molar-refractivity contribution is 6.32. The Morgan fingerprint density at radius 2 is 1.76 bits per heavy atom. The van der Waals surface area contributed by atoms with Crippen LogP contribution in [0.4, 0.5) is 17.3 Å². The number of anilines is 3. The molecule has 0 spiro atoms. The molecule has 1 N–H and O–H groups in total. The maximum absolute atomic E-state index is 6.40. The molecule has 8 heteroatoms. The number of halogens is 2. The van der Waals surface area contributed by atoms with Crippen LogP contribution in [0.1, 0.15) is 24.6 Å². The normalized spacial score (nSPS) is 14.4. The number of likely N-dealkylation sites (N-methyl/N-ethyl adjacent to an activating group) is 1. The van der Waals surface area contributed by atoms with Crippen molar-refractivity contribution < 1.29 is 4.74 Å². The largest absolute Gasteiger partial charge is 0.492 e. The molecule has 0 atom stereocenters. The lowest BCUT2D eigenvalue weighted by molar-refractivity contribution is 0.313. The van der Waals surface area contributed by atoms with E-state index in [4.69, 9.17) is 27.9 Å². The number of benzene rings is 2. The first-order valence-corrected chi connectivity index (χ1v) is 12.0. The van der Waals surface area contributed by atoms with Gasteiger partial charge in [0.1, 0.15) is 5.75 Å². The van der Waals surface area contributed by atoms with E-state index in [-0.39, 0.29) is 0 Å². The Morgan fingerprint density at radius 1 is 1.00 bits per heavy atom. The maximum atomic E-state index is 6.40. The summed E-state index contributed by atoms with van der Waals surface area (Å²) in [6, 6.07) is 14.1. The third kappa shape index (κ3) is 6.28. The van der Waals surface area contributed by atoms with Gasteiger partial charge in [0, 0.05) is 44.0 Å². The number of rotatable bonds is 8. The van der Waals surface area contributed by atoms with Gasteiger partial charge in [0.2, 0.25) is 5.95 Å². The van der Waals surface area contributed by atoms with Crippen LogP contribution in [-0.2, 0) is 6.42 Å². The van der Waals surface area contributed by atoms with Crippen molar-refractivity contribution in [3.8, 4) is 5.75 Å². The number of piperazine rings is 1. The molecule has 2 heterocycles. The summed E-state index contributed by atoms with van der Waals surface area (Å²) in [5.41, 5.74) is 3.93. The fraction of sp³-hybridized carbons (Fsp3) is 0.360. The third-order valence-corrected chi connectivity index (χ3v) is 6.27. The molecule has 0 radical (unpaired) electrons. The average molecular weight is 486 g/mol. The average Bonchev–Trinajstić information content (AvgIpc) is 2.82. The highest BCUT2D eigenvalue weighted by Gasteiger charge is 2.14. The van der Waals surface area contributed by atoms with Crippen LogP contribution in [0, 0.1) is 0 Å². The van der Waals surface area contributed by atoms with E-state index in [9.17, 15) is 0 Å². The van der Waals surface area contributed by atoms with Crippen molar-refractivity contribution in [1.29, 1.82) is 0 Å². The quantitative estimate of drug-likeness (QED) is 0.444. The van der Waals surface area contributed by atoms with Crippen molar-refractivity contribution in [2.45, 2.75) is 19.8 Å². The number of ether oxygens (including phenoxy) is 1. The first-order chi connectivity index (χ1) is 16.0. The Balaban J connectivity index is 1.44. The lowest BCUT2D eigenvalue weighted by atomic mass is 10.1. The number of aromatic nitrogens is 2. The van der Waals surface area contributed by atoms with Crippen molar-refractivity contribution in [2.24, 2.45) is 0 Å². The zero-order chi connectivity index (χ0) is 23.2. The lowest BCUT2D eigenvalue weighted by Crippen LogP contribution is -2.44. The highest BCUT2D eigenvalue weighted by atomic mass is 35.5. The Labute approximate surface area is 205 Å². The van der Waals surface area contributed by atoms with E-state index >= 15 is 0 Å². The molecule has 33 heavy (non-hydrogen) atoms. The summed E-state index contributed by atoms with van der Waals surface area (Å²) in [5, 5.41) is 4.41. The third-order valence-electron chi connectivity index (χ3n) is 5.64. The second-order valence-corrected chi connectivity index (χ2v) is 9.05. The van der Waals surface area contributed by atoms with Crippen molar-refractivity contribution >= 4 is 40.5 Å². The molecular formula is C25H29Cl2N5O. The highest BCUT2D eigenvalue weighted by Crippen LogP contribution is 2.28. The fourth-order valence-electron chi connectivity index (χ4n) is 3.71. The smallest absolute Gasteiger partial charge is 0.227 e. The maximum Gasteiger partial charge on any atom is 0.227 e. The first-order valence-electron chi connectivity index (χ1n) is 11.2. The van der Waals surface area contributed by atoms with E-state index in [0.717, 1.165) is 49.5 Å². The minimum absolute atomic E-state index is 0.512. The molecule has 1 saturated heterocycles. The van der Waals surface area contributed by atoms with Gasteiger partial charge in [-0.25, -0.2) is 9.97 Å².